The van der Waals surface area contributed by atoms with Gasteiger partial charge in [-0.2, -0.15) is 0 Å². The number of nitrogens with zero attached hydrogens (tertiary/aromatic N) is 1. The van der Waals surface area contributed by atoms with E-state index in [0.29, 0.717) is 0 Å². The van der Waals surface area contributed by atoms with Crippen molar-refractivity contribution in [3.63, 3.8) is 0 Å². The molecule has 0 radical (unpaired) electrons. The molecule has 1 heterocycles. The van der Waals surface area contributed by atoms with Gasteiger partial charge < -0.3 is 5.43 Å². The van der Waals surface area contributed by atoms with E-state index in [1.165, 1.54) is 17.0 Å². The molecule has 1 atom stereocenters. The molecule has 1 unspecified atom stereocenters. The van der Waals surface area contributed by atoms with Gasteiger partial charge in [0.25, 0.3) is 0 Å². The highest BCUT2D eigenvalue weighted by Gasteiger charge is 2.07. The Kier molecular flexibility index (Phi) is 3.57. The van der Waals surface area contributed by atoms with Gasteiger partial charge in [0.1, 0.15) is 0 Å². The van der Waals surface area contributed by atoms with Crippen LogP contribution in [0.1, 0.15) is 29.9 Å². The number of hydrogen-bond acceptors (Lipinski definition) is 1. The lowest BCUT2D eigenvalue weighted by Crippen LogP contribution is -2.20. The molecule has 1 aromatic carbocycles. The average Bonchev–Trinajstić information content (AvgIpc) is 2.61. The van der Waals surface area contributed by atoms with Gasteiger partial charge in [0.05, 0.1) is 6.04 Å². The fraction of sp³-hybridized carbons (Fsp3) is 0.286. The van der Waals surface area contributed by atoms with Crippen LogP contribution in [0.5, 0.6) is 0 Å². The molecule has 1 aromatic heterocycles. The maximum atomic E-state index is 3.50. The molecule has 2 rings (SSSR count). The summed E-state index contributed by atoms with van der Waals surface area (Å²) in [7, 11) is 0. The van der Waals surface area contributed by atoms with Gasteiger partial charge in [-0.1, -0.05) is 28.1 Å². The van der Waals surface area contributed by atoms with Crippen molar-refractivity contribution in [2.75, 3.05) is 5.43 Å². The SMILES string of the molecule is Cc1ccc(C)n1NC(C)c1ccc(Br)cc1. The zero-order valence-electron chi connectivity index (χ0n) is 10.4. The minimum Gasteiger partial charge on any atom is -0.319 e. The Morgan fingerprint density at radius 3 is 2.06 bits per heavy atom. The summed E-state index contributed by atoms with van der Waals surface area (Å²) in [5, 5.41) is 0. The van der Waals surface area contributed by atoms with Crippen LogP contribution in [0.4, 0.5) is 0 Å². The average molecular weight is 293 g/mol. The Labute approximate surface area is 111 Å². The molecule has 2 nitrogen and oxygen atoms in total. The van der Waals surface area contributed by atoms with Gasteiger partial charge in [-0.3, -0.25) is 4.68 Å². The molecule has 2 aromatic rings. The van der Waals surface area contributed by atoms with Crippen LogP contribution in [-0.4, -0.2) is 4.68 Å². The summed E-state index contributed by atoms with van der Waals surface area (Å²) in [6, 6.07) is 12.9. The number of aromatic nitrogens is 1. The van der Waals surface area contributed by atoms with Crippen LogP contribution in [0.25, 0.3) is 0 Å². The van der Waals surface area contributed by atoms with Crippen molar-refractivity contribution in [3.8, 4) is 0 Å². The second-order valence-electron chi connectivity index (χ2n) is 4.35. The monoisotopic (exact) mass is 292 g/mol. The lowest BCUT2D eigenvalue weighted by Gasteiger charge is -2.19. The molecule has 0 fully saturated rings. The third-order valence-corrected chi connectivity index (χ3v) is 3.49. The highest BCUT2D eigenvalue weighted by atomic mass is 79.9. The van der Waals surface area contributed by atoms with Gasteiger partial charge in [-0.15, -0.1) is 0 Å². The summed E-state index contributed by atoms with van der Waals surface area (Å²) in [5.41, 5.74) is 7.23. The summed E-state index contributed by atoms with van der Waals surface area (Å²) in [4.78, 5) is 0. The normalized spacial score (nSPS) is 12.5. The minimum absolute atomic E-state index is 0.285. The van der Waals surface area contributed by atoms with Gasteiger partial charge in [-0.05, 0) is 50.6 Å². The third kappa shape index (κ3) is 2.72. The minimum atomic E-state index is 0.285. The van der Waals surface area contributed by atoms with Crippen LogP contribution >= 0.6 is 15.9 Å². The van der Waals surface area contributed by atoms with Crippen LogP contribution in [0, 0.1) is 13.8 Å². The molecule has 0 amide bonds. The first-order chi connectivity index (χ1) is 8.08. The molecule has 17 heavy (non-hydrogen) atoms. The zero-order chi connectivity index (χ0) is 12.4. The third-order valence-electron chi connectivity index (χ3n) is 2.96. The molecule has 0 aliphatic carbocycles. The molecule has 0 bridgehead atoms. The topological polar surface area (TPSA) is 17.0 Å². The largest absolute Gasteiger partial charge is 0.319 e. The van der Waals surface area contributed by atoms with Crippen molar-refractivity contribution in [1.82, 2.24) is 4.68 Å². The van der Waals surface area contributed by atoms with Crippen molar-refractivity contribution in [2.45, 2.75) is 26.8 Å². The van der Waals surface area contributed by atoms with Crippen molar-refractivity contribution < 1.29 is 0 Å². The van der Waals surface area contributed by atoms with Crippen molar-refractivity contribution >= 4 is 15.9 Å². The van der Waals surface area contributed by atoms with Gasteiger partial charge in [-0.25, -0.2) is 0 Å². The van der Waals surface area contributed by atoms with Gasteiger partial charge in [0.15, 0.2) is 0 Å². The summed E-state index contributed by atoms with van der Waals surface area (Å²) >= 11 is 3.45. The van der Waals surface area contributed by atoms with E-state index in [0.717, 1.165) is 4.47 Å². The van der Waals surface area contributed by atoms with E-state index in [9.17, 15) is 0 Å². The Bertz CT molecular complexity index is 480. The summed E-state index contributed by atoms with van der Waals surface area (Å²) in [6.07, 6.45) is 0. The fourth-order valence-electron chi connectivity index (χ4n) is 1.89. The van der Waals surface area contributed by atoms with Crippen molar-refractivity contribution in [2.24, 2.45) is 0 Å². The molecule has 0 spiro atoms. The Balaban J connectivity index is 2.17. The first-order valence-corrected chi connectivity index (χ1v) is 6.54. The quantitative estimate of drug-likeness (QED) is 0.898. The maximum absolute atomic E-state index is 3.50. The number of rotatable bonds is 3. The second kappa shape index (κ2) is 4.96. The van der Waals surface area contributed by atoms with Crippen LogP contribution in [0.2, 0.25) is 0 Å². The van der Waals surface area contributed by atoms with Crippen molar-refractivity contribution in [3.05, 3.63) is 57.8 Å². The molecular weight excluding hydrogens is 276 g/mol. The van der Waals surface area contributed by atoms with Crippen LogP contribution in [0.15, 0.2) is 40.9 Å². The van der Waals surface area contributed by atoms with Gasteiger partial charge in [0, 0.05) is 15.9 Å². The standard InChI is InChI=1S/C14H17BrN2/c1-10-4-5-11(2)17(10)16-12(3)13-6-8-14(15)9-7-13/h4-9,12,16H,1-3H3. The summed E-state index contributed by atoms with van der Waals surface area (Å²) < 4.78 is 3.24. The van der Waals surface area contributed by atoms with Crippen LogP contribution in [-0.2, 0) is 0 Å². The molecule has 0 saturated carbocycles. The molecule has 0 saturated heterocycles. The zero-order valence-corrected chi connectivity index (χ0v) is 12.0. The van der Waals surface area contributed by atoms with Gasteiger partial charge in [0.2, 0.25) is 0 Å². The number of benzene rings is 1. The number of aryl methyl sites for hydroxylation is 2. The molecule has 0 aliphatic heterocycles. The lowest BCUT2D eigenvalue weighted by atomic mass is 10.1. The van der Waals surface area contributed by atoms with E-state index in [1.807, 2.05) is 0 Å². The number of nitrogens with one attached hydrogen (secondary N) is 1. The summed E-state index contributed by atoms with van der Waals surface area (Å²) in [6.45, 7) is 6.38. The van der Waals surface area contributed by atoms with Gasteiger partial charge >= 0.3 is 0 Å². The predicted octanol–water partition coefficient (Wildman–Crippen LogP) is 4.17. The second-order valence-corrected chi connectivity index (χ2v) is 5.27. The van der Waals surface area contributed by atoms with Crippen molar-refractivity contribution in [1.29, 1.82) is 0 Å². The predicted molar refractivity (Wildman–Crippen MR) is 75.8 cm³/mol. The molecule has 3 heteroatoms. The smallest absolute Gasteiger partial charge is 0.0645 e. The number of hydrogen-bond donors (Lipinski definition) is 1. The van der Waals surface area contributed by atoms with Crippen LogP contribution < -0.4 is 5.43 Å². The van der Waals surface area contributed by atoms with E-state index in [-0.39, 0.29) is 6.04 Å². The number of halogens is 1. The first-order valence-electron chi connectivity index (χ1n) is 5.75. The Morgan fingerprint density at radius 2 is 1.53 bits per heavy atom. The van der Waals surface area contributed by atoms with E-state index >= 15 is 0 Å². The van der Waals surface area contributed by atoms with E-state index in [1.54, 1.807) is 0 Å². The first kappa shape index (κ1) is 12.2. The van der Waals surface area contributed by atoms with E-state index < -0.39 is 0 Å². The maximum Gasteiger partial charge on any atom is 0.0645 e. The molecule has 1 N–H and O–H groups in total. The molecular formula is C14H17BrN2. The van der Waals surface area contributed by atoms with Crippen LogP contribution in [0.3, 0.4) is 0 Å². The highest BCUT2D eigenvalue weighted by Crippen LogP contribution is 2.18. The van der Waals surface area contributed by atoms with E-state index in [2.05, 4.69) is 83.2 Å². The molecule has 90 valence electrons. The summed E-state index contributed by atoms with van der Waals surface area (Å²) in [5.74, 6) is 0. The lowest BCUT2D eigenvalue weighted by molar-refractivity contribution is 0.699. The highest BCUT2D eigenvalue weighted by molar-refractivity contribution is 9.10. The molecule has 0 aliphatic rings. The Hall–Kier alpha value is -1.22. The van der Waals surface area contributed by atoms with E-state index in [4.69, 9.17) is 0 Å². The Morgan fingerprint density at radius 1 is 1.00 bits per heavy atom. The fourth-order valence-corrected chi connectivity index (χ4v) is 2.16.